The van der Waals surface area contributed by atoms with E-state index in [-0.39, 0.29) is 16.8 Å². The summed E-state index contributed by atoms with van der Waals surface area (Å²) in [5, 5.41) is 0. The number of hydrogen-bond acceptors (Lipinski definition) is 0. The molecule has 0 aliphatic rings. The van der Waals surface area contributed by atoms with Crippen molar-refractivity contribution in [3.63, 3.8) is 0 Å². The Morgan fingerprint density at radius 2 is 1.09 bits per heavy atom. The van der Waals surface area contributed by atoms with Gasteiger partial charge in [0.2, 0.25) is 0 Å². The van der Waals surface area contributed by atoms with Crippen LogP contribution in [0.1, 0.15) is 27.8 Å². The average molecular weight is 194 g/mol. The molecule has 1 radical (unpaired) electrons. The van der Waals surface area contributed by atoms with Gasteiger partial charge in [-0.05, 0) is 0 Å². The molecule has 0 spiro atoms. The Kier molecular flexibility index (Phi) is 3.46. The predicted octanol–water partition coefficient (Wildman–Crippen LogP) is 2.95. The van der Waals surface area contributed by atoms with Crippen LogP contribution < -0.4 is 0 Å². The Bertz CT molecular complexity index is 176. The third-order valence-electron chi connectivity index (χ3n) is 2.81. The van der Waals surface area contributed by atoms with Crippen molar-refractivity contribution in [2.24, 2.45) is 0 Å². The third kappa shape index (κ3) is 1.54. The molecule has 65 valence electrons. The maximum absolute atomic E-state index is 2.20. The van der Waals surface area contributed by atoms with Gasteiger partial charge in [-0.25, -0.2) is 0 Å². The fraction of sp³-hybridized carbons (Fsp3) is 0.500. The molecule has 0 aromatic heterocycles. The van der Waals surface area contributed by atoms with Crippen LogP contribution in [0.4, 0.5) is 0 Å². The van der Waals surface area contributed by atoms with Crippen LogP contribution in [0.15, 0.2) is 0 Å². The summed E-state index contributed by atoms with van der Waals surface area (Å²) >= 11 is 0. The van der Waals surface area contributed by atoms with Gasteiger partial charge in [-0.1, -0.05) is 34.6 Å². The molecule has 0 N–H and O–H groups in total. The van der Waals surface area contributed by atoms with Gasteiger partial charge in [-0.3, -0.25) is 0 Å². The Balaban J connectivity index is 0.000001000. The summed E-state index contributed by atoms with van der Waals surface area (Å²) in [5.41, 5.74) is 7.34. The molecule has 11 heavy (non-hydrogen) atoms. The predicted molar refractivity (Wildman–Crippen MR) is 45.7 cm³/mol. The molecule has 0 saturated heterocycles. The van der Waals surface area contributed by atoms with Crippen molar-refractivity contribution < 1.29 is 16.8 Å². The molecule has 0 heterocycles. The van der Waals surface area contributed by atoms with Crippen LogP contribution in [0.2, 0.25) is 0 Å². The van der Waals surface area contributed by atoms with Gasteiger partial charge in [-0.15, -0.1) is 0 Å². The van der Waals surface area contributed by atoms with Gasteiger partial charge in [0.05, 0.1) is 0 Å². The summed E-state index contributed by atoms with van der Waals surface area (Å²) in [6, 6.07) is 0. The molecule has 1 aromatic rings. The Hall–Kier alpha value is -0.144. The number of rotatable bonds is 0. The van der Waals surface area contributed by atoms with E-state index in [2.05, 4.69) is 34.6 Å². The van der Waals surface area contributed by atoms with E-state index in [9.17, 15) is 0 Å². The average Bonchev–Trinajstić information content (AvgIpc) is 2.07. The molecular weight excluding hydrogens is 179 g/mol. The summed E-state index contributed by atoms with van der Waals surface area (Å²) in [4.78, 5) is 0. The largest absolute Gasteiger partial charge is 0.196 e. The van der Waals surface area contributed by atoms with Gasteiger partial charge in [0.15, 0.2) is 0 Å². The second-order valence-corrected chi connectivity index (χ2v) is 3.12. The maximum atomic E-state index is 2.20. The quantitative estimate of drug-likeness (QED) is 0.557. The summed E-state index contributed by atoms with van der Waals surface area (Å²) < 4.78 is 0. The maximum Gasteiger partial charge on any atom is 0 e. The molecule has 0 aliphatic carbocycles. The molecule has 0 amide bonds. The molecule has 0 nitrogen and oxygen atoms in total. The van der Waals surface area contributed by atoms with Crippen LogP contribution in [0.5, 0.6) is 0 Å². The van der Waals surface area contributed by atoms with E-state index >= 15 is 0 Å². The van der Waals surface area contributed by atoms with E-state index in [0.29, 0.717) is 0 Å². The van der Waals surface area contributed by atoms with Gasteiger partial charge < -0.3 is 0 Å². The smallest absolute Gasteiger partial charge is 0 e. The van der Waals surface area contributed by atoms with Crippen molar-refractivity contribution >= 4 is 0 Å². The fourth-order valence-corrected chi connectivity index (χ4v) is 1.41. The molecule has 0 bridgehead atoms. The molecule has 1 aromatic carbocycles. The minimum Gasteiger partial charge on any atom is -0.196 e. The second-order valence-electron chi connectivity index (χ2n) is 3.12. The minimum absolute atomic E-state index is 0. The molecule has 1 rings (SSSR count). The molecular formula is C10H15Co-. The molecule has 0 aliphatic heterocycles. The standard InChI is InChI=1S/C10H15.Co/c1-6-7(2)9(4)10(5)8(6)3;/h1-5H3;/q-1;. The summed E-state index contributed by atoms with van der Waals surface area (Å²) in [7, 11) is 0. The molecule has 1 heteroatoms. The van der Waals surface area contributed by atoms with Crippen LogP contribution in [0, 0.1) is 34.6 Å². The van der Waals surface area contributed by atoms with E-state index in [1.165, 1.54) is 27.8 Å². The van der Waals surface area contributed by atoms with Gasteiger partial charge >= 0.3 is 0 Å². The van der Waals surface area contributed by atoms with Crippen molar-refractivity contribution in [1.82, 2.24) is 0 Å². The van der Waals surface area contributed by atoms with Crippen LogP contribution >= 0.6 is 0 Å². The summed E-state index contributed by atoms with van der Waals surface area (Å²) in [6.07, 6.45) is 0. The summed E-state index contributed by atoms with van der Waals surface area (Å²) in [5.74, 6) is 0. The zero-order valence-corrected chi connectivity index (χ0v) is 8.87. The van der Waals surface area contributed by atoms with Crippen molar-refractivity contribution in [3.05, 3.63) is 27.8 Å². The molecule has 0 unspecified atom stereocenters. The van der Waals surface area contributed by atoms with Crippen LogP contribution in [0.3, 0.4) is 0 Å². The van der Waals surface area contributed by atoms with Gasteiger partial charge in [0, 0.05) is 16.8 Å². The van der Waals surface area contributed by atoms with Gasteiger partial charge in [0.1, 0.15) is 0 Å². The van der Waals surface area contributed by atoms with Crippen LogP contribution in [0.25, 0.3) is 0 Å². The number of hydrogen-bond donors (Lipinski definition) is 0. The fourth-order valence-electron chi connectivity index (χ4n) is 1.41. The van der Waals surface area contributed by atoms with Gasteiger partial charge in [-0.2, -0.15) is 27.8 Å². The van der Waals surface area contributed by atoms with E-state index < -0.39 is 0 Å². The second kappa shape index (κ2) is 3.50. The monoisotopic (exact) mass is 194 g/mol. The van der Waals surface area contributed by atoms with Crippen LogP contribution in [-0.2, 0) is 16.8 Å². The van der Waals surface area contributed by atoms with Crippen LogP contribution in [-0.4, -0.2) is 0 Å². The van der Waals surface area contributed by atoms with E-state index in [0.717, 1.165) is 0 Å². The first-order valence-corrected chi connectivity index (χ1v) is 3.75. The Labute approximate surface area is 79.6 Å². The Morgan fingerprint density at radius 1 is 0.818 bits per heavy atom. The molecule has 0 fully saturated rings. The first-order valence-electron chi connectivity index (χ1n) is 3.75. The SMILES string of the molecule is Cc1c(C)c(C)[c-](C)c1C.[Co]. The minimum atomic E-state index is 0. The van der Waals surface area contributed by atoms with Crippen molar-refractivity contribution in [2.75, 3.05) is 0 Å². The zero-order chi connectivity index (χ0) is 7.89. The summed E-state index contributed by atoms with van der Waals surface area (Å²) in [6.45, 7) is 11.0. The van der Waals surface area contributed by atoms with E-state index in [1.807, 2.05) is 0 Å². The molecule has 0 saturated carbocycles. The first-order chi connectivity index (χ1) is 4.55. The molecule has 0 atom stereocenters. The van der Waals surface area contributed by atoms with Crippen molar-refractivity contribution in [2.45, 2.75) is 34.6 Å². The topological polar surface area (TPSA) is 0 Å². The van der Waals surface area contributed by atoms with Crippen molar-refractivity contribution in [3.8, 4) is 0 Å². The van der Waals surface area contributed by atoms with Gasteiger partial charge in [0.25, 0.3) is 0 Å². The Morgan fingerprint density at radius 3 is 1.18 bits per heavy atom. The van der Waals surface area contributed by atoms with E-state index in [4.69, 9.17) is 0 Å². The van der Waals surface area contributed by atoms with Crippen molar-refractivity contribution in [1.29, 1.82) is 0 Å². The third-order valence-corrected chi connectivity index (χ3v) is 2.81. The first kappa shape index (κ1) is 10.9. The van der Waals surface area contributed by atoms with E-state index in [1.54, 1.807) is 0 Å². The zero-order valence-electron chi connectivity index (χ0n) is 7.83. The normalized spacial score (nSPS) is 9.55.